The van der Waals surface area contributed by atoms with E-state index in [9.17, 15) is 8.42 Å². The monoisotopic (exact) mass is 517 g/mol. The predicted octanol–water partition coefficient (Wildman–Crippen LogP) is 6.17. The molecule has 5 rings (SSSR count). The fraction of sp³-hybridized carbons (Fsp3) is 0.310. The van der Waals surface area contributed by atoms with Gasteiger partial charge in [0, 0.05) is 34.1 Å². The third-order valence-corrected chi connectivity index (χ3v) is 8.26. The molecule has 0 amide bonds. The third-order valence-electron chi connectivity index (χ3n) is 6.88. The highest BCUT2D eigenvalue weighted by atomic mass is 32.2. The van der Waals surface area contributed by atoms with Crippen LogP contribution >= 0.6 is 0 Å². The topological polar surface area (TPSA) is 94.3 Å². The summed E-state index contributed by atoms with van der Waals surface area (Å²) in [4.78, 5) is 4.96. The lowest BCUT2D eigenvalue weighted by Crippen LogP contribution is -2.16. The van der Waals surface area contributed by atoms with Gasteiger partial charge in [0.1, 0.15) is 18.1 Å². The fourth-order valence-corrected chi connectivity index (χ4v) is 5.96. The van der Waals surface area contributed by atoms with Crippen molar-refractivity contribution in [2.24, 2.45) is 0 Å². The Morgan fingerprint density at radius 2 is 1.81 bits per heavy atom. The van der Waals surface area contributed by atoms with Gasteiger partial charge in [0.15, 0.2) is 5.82 Å². The van der Waals surface area contributed by atoms with E-state index >= 15 is 0 Å². The first-order valence-electron chi connectivity index (χ1n) is 12.6. The van der Waals surface area contributed by atoms with Gasteiger partial charge in [-0.2, -0.15) is 0 Å². The second-order valence-corrected chi connectivity index (χ2v) is 11.1. The molecule has 0 atom stereocenters. The number of hydrogen-bond acceptors (Lipinski definition) is 6. The number of pyridine rings is 1. The van der Waals surface area contributed by atoms with Gasteiger partial charge in [-0.1, -0.05) is 54.5 Å². The van der Waals surface area contributed by atoms with Crippen LogP contribution in [0, 0.1) is 13.8 Å². The normalized spacial score (nSPS) is 13.3. The maximum Gasteiger partial charge on any atom is 0.263 e. The molecule has 0 bridgehead atoms. The minimum Gasteiger partial charge on any atom is -0.488 e. The Hall–Kier alpha value is -3.65. The second-order valence-electron chi connectivity index (χ2n) is 9.40. The van der Waals surface area contributed by atoms with Crippen molar-refractivity contribution in [1.82, 2.24) is 10.1 Å². The Kier molecular flexibility index (Phi) is 7.02. The first-order valence-corrected chi connectivity index (χ1v) is 14.1. The molecular formula is C29H31N3O4S. The van der Waals surface area contributed by atoms with Crippen LogP contribution in [0.15, 0.2) is 64.0 Å². The zero-order valence-corrected chi connectivity index (χ0v) is 22.2. The lowest BCUT2D eigenvalue weighted by atomic mass is 9.94. The molecule has 0 fully saturated rings. The average Bonchev–Trinajstić information content (AvgIpc) is 3.23. The van der Waals surface area contributed by atoms with Crippen molar-refractivity contribution in [3.05, 3.63) is 88.4 Å². The van der Waals surface area contributed by atoms with Crippen LogP contribution in [0.25, 0.3) is 11.1 Å². The number of rotatable bonds is 8. The van der Waals surface area contributed by atoms with Crippen molar-refractivity contribution < 1.29 is 17.7 Å². The molecule has 192 valence electrons. The molecule has 0 radical (unpaired) electrons. The van der Waals surface area contributed by atoms with E-state index in [2.05, 4.69) is 16.8 Å². The van der Waals surface area contributed by atoms with E-state index in [1.165, 1.54) is 5.56 Å². The van der Waals surface area contributed by atoms with E-state index in [0.29, 0.717) is 16.9 Å². The zero-order valence-electron chi connectivity index (χ0n) is 21.4. The number of ether oxygens (including phenoxy) is 1. The lowest BCUT2D eigenvalue weighted by molar-refractivity contribution is 0.300. The van der Waals surface area contributed by atoms with Gasteiger partial charge >= 0.3 is 0 Å². The van der Waals surface area contributed by atoms with Crippen molar-refractivity contribution >= 4 is 15.8 Å². The van der Waals surface area contributed by atoms with Gasteiger partial charge in [0.2, 0.25) is 0 Å². The zero-order chi connectivity index (χ0) is 26.0. The molecule has 1 aliphatic carbocycles. The molecule has 0 aliphatic heterocycles. The van der Waals surface area contributed by atoms with Gasteiger partial charge in [-0.25, -0.2) is 8.42 Å². The van der Waals surface area contributed by atoms with Gasteiger partial charge in [-0.05, 0) is 63.1 Å². The molecule has 7 nitrogen and oxygen atoms in total. The van der Waals surface area contributed by atoms with Crippen LogP contribution in [0.2, 0.25) is 0 Å². The summed E-state index contributed by atoms with van der Waals surface area (Å²) in [7, 11) is -3.97. The Bertz CT molecular complexity index is 1530. The number of nitrogens with zero attached hydrogens (tertiary/aromatic N) is 2. The summed E-state index contributed by atoms with van der Waals surface area (Å²) < 4.78 is 41.3. The summed E-state index contributed by atoms with van der Waals surface area (Å²) in [6, 6.07) is 16.9. The molecule has 8 heteroatoms. The van der Waals surface area contributed by atoms with Crippen LogP contribution in [-0.2, 0) is 35.9 Å². The van der Waals surface area contributed by atoms with E-state index in [4.69, 9.17) is 14.2 Å². The highest BCUT2D eigenvalue weighted by molar-refractivity contribution is 7.92. The van der Waals surface area contributed by atoms with E-state index in [-0.39, 0.29) is 17.3 Å². The quantitative estimate of drug-likeness (QED) is 0.300. The molecule has 1 aliphatic rings. The van der Waals surface area contributed by atoms with E-state index in [1.54, 1.807) is 19.9 Å². The molecule has 1 N–H and O–H groups in total. The molecule has 0 spiro atoms. The first kappa shape index (κ1) is 25.0. The van der Waals surface area contributed by atoms with Crippen LogP contribution in [-0.4, -0.2) is 18.6 Å². The number of aryl methyl sites for hydroxylation is 3. The molecule has 2 heterocycles. The highest BCUT2D eigenvalue weighted by Gasteiger charge is 2.24. The Morgan fingerprint density at radius 1 is 1.03 bits per heavy atom. The van der Waals surface area contributed by atoms with Crippen LogP contribution in [0.5, 0.6) is 5.75 Å². The molecule has 0 saturated heterocycles. The Balaban J connectivity index is 1.50. The molecule has 2 aromatic heterocycles. The number of hydrogen-bond donors (Lipinski definition) is 1. The van der Waals surface area contributed by atoms with Gasteiger partial charge in [-0.15, -0.1) is 0 Å². The van der Waals surface area contributed by atoms with Gasteiger partial charge in [-0.3, -0.25) is 9.71 Å². The number of nitrogens with one attached hydrogen (secondary N) is 1. The van der Waals surface area contributed by atoms with Crippen LogP contribution in [0.3, 0.4) is 0 Å². The largest absolute Gasteiger partial charge is 0.488 e. The second kappa shape index (κ2) is 10.4. The van der Waals surface area contributed by atoms with Crippen molar-refractivity contribution in [1.29, 1.82) is 0 Å². The van der Waals surface area contributed by atoms with E-state index in [0.717, 1.165) is 60.4 Å². The number of sulfonamides is 1. The van der Waals surface area contributed by atoms with Crippen molar-refractivity contribution in [2.75, 3.05) is 4.72 Å². The predicted molar refractivity (Wildman–Crippen MR) is 143 cm³/mol. The number of aromatic nitrogens is 2. The summed E-state index contributed by atoms with van der Waals surface area (Å²) >= 11 is 0. The van der Waals surface area contributed by atoms with Gasteiger partial charge in [0.05, 0.1) is 4.90 Å². The minimum atomic E-state index is -3.97. The summed E-state index contributed by atoms with van der Waals surface area (Å²) in [5.41, 5.74) is 6.14. The maximum atomic E-state index is 13.6. The summed E-state index contributed by atoms with van der Waals surface area (Å²) in [6.07, 6.45) is 5.03. The van der Waals surface area contributed by atoms with Crippen molar-refractivity contribution in [2.45, 2.75) is 64.4 Å². The third kappa shape index (κ3) is 5.25. The fourth-order valence-electron chi connectivity index (χ4n) is 4.62. The van der Waals surface area contributed by atoms with E-state index < -0.39 is 10.0 Å². The molecule has 0 saturated carbocycles. The summed E-state index contributed by atoms with van der Waals surface area (Å²) in [6.45, 7) is 5.85. The Labute approximate surface area is 217 Å². The molecule has 0 unspecified atom stereocenters. The number of anilines is 1. The summed E-state index contributed by atoms with van der Waals surface area (Å²) in [5.74, 6) is 1.61. The lowest BCUT2D eigenvalue weighted by Gasteiger charge is -2.20. The van der Waals surface area contributed by atoms with Crippen molar-refractivity contribution in [3.8, 4) is 16.9 Å². The highest BCUT2D eigenvalue weighted by Crippen LogP contribution is 2.33. The molecule has 2 aromatic carbocycles. The minimum absolute atomic E-state index is 0.158. The smallest absolute Gasteiger partial charge is 0.263 e. The van der Waals surface area contributed by atoms with Crippen LogP contribution in [0.4, 0.5) is 5.82 Å². The van der Waals surface area contributed by atoms with Crippen LogP contribution in [0.1, 0.15) is 53.6 Å². The van der Waals surface area contributed by atoms with Gasteiger partial charge in [0.25, 0.3) is 10.0 Å². The maximum absolute atomic E-state index is 13.6. The molecular weight excluding hydrogens is 486 g/mol. The number of benzene rings is 2. The SMILES string of the molecule is CCc1cc(OCc2ccc(-c3ccccc3)c(S(=O)(=O)Nc3noc(C)c3C)c2)c2c(n1)CCCC2. The standard InChI is InChI=1S/C29H31N3O4S/c1-4-23-17-27(25-12-8-9-13-26(25)30-23)35-18-21-14-15-24(22-10-6-5-7-11-22)28(16-21)37(33,34)32-29-19(2)20(3)36-31-29/h5-7,10-11,14-17H,4,8-9,12-13,18H2,1-3H3,(H,31,32). The molecule has 4 aromatic rings. The average molecular weight is 518 g/mol. The van der Waals surface area contributed by atoms with Crippen LogP contribution < -0.4 is 9.46 Å². The Morgan fingerprint density at radius 3 is 2.54 bits per heavy atom. The summed E-state index contributed by atoms with van der Waals surface area (Å²) in [5, 5.41) is 3.89. The number of fused-ring (bicyclic) bond motifs is 1. The molecule has 37 heavy (non-hydrogen) atoms. The first-order chi connectivity index (χ1) is 17.9. The van der Waals surface area contributed by atoms with Crippen molar-refractivity contribution in [3.63, 3.8) is 0 Å². The van der Waals surface area contributed by atoms with Gasteiger partial charge < -0.3 is 9.26 Å². The van der Waals surface area contributed by atoms with E-state index in [1.807, 2.05) is 48.5 Å².